The molecule has 0 aromatic heterocycles. The summed E-state index contributed by atoms with van der Waals surface area (Å²) in [7, 11) is 0. The fraction of sp³-hybridized carbons (Fsp3) is 0.400. The molecule has 0 amide bonds. The maximum atomic E-state index is 12.2. The molecule has 0 unspecified atom stereocenters. The Morgan fingerprint density at radius 3 is 2.56 bits per heavy atom. The minimum atomic E-state index is -1.02. The van der Waals surface area contributed by atoms with Crippen molar-refractivity contribution >= 4 is 0 Å². The SMILES string of the molecule is [N-]=[N+]=NCc1ccc([C@@H](O)[C@H](N)CF)cc1. The van der Waals surface area contributed by atoms with Crippen LogP contribution < -0.4 is 5.73 Å². The molecule has 0 heterocycles. The molecule has 2 atom stereocenters. The van der Waals surface area contributed by atoms with Crippen molar-refractivity contribution in [2.75, 3.05) is 6.67 Å². The molecule has 16 heavy (non-hydrogen) atoms. The summed E-state index contributed by atoms with van der Waals surface area (Å²) in [5.74, 6) is 0. The molecular weight excluding hydrogens is 211 g/mol. The van der Waals surface area contributed by atoms with E-state index in [0.29, 0.717) is 5.56 Å². The Morgan fingerprint density at radius 1 is 1.44 bits per heavy atom. The summed E-state index contributed by atoms with van der Waals surface area (Å²) >= 11 is 0. The number of benzene rings is 1. The Morgan fingerprint density at radius 2 is 2.06 bits per heavy atom. The van der Waals surface area contributed by atoms with Gasteiger partial charge in [-0.2, -0.15) is 0 Å². The zero-order chi connectivity index (χ0) is 12.0. The van der Waals surface area contributed by atoms with Gasteiger partial charge in [-0.1, -0.05) is 29.4 Å². The summed E-state index contributed by atoms with van der Waals surface area (Å²) < 4.78 is 12.2. The molecule has 0 aliphatic heterocycles. The van der Waals surface area contributed by atoms with Gasteiger partial charge in [0.15, 0.2) is 0 Å². The molecule has 86 valence electrons. The first-order valence-corrected chi connectivity index (χ1v) is 4.78. The van der Waals surface area contributed by atoms with E-state index in [1.54, 1.807) is 24.3 Å². The van der Waals surface area contributed by atoms with Gasteiger partial charge in [0, 0.05) is 4.91 Å². The summed E-state index contributed by atoms with van der Waals surface area (Å²) in [5.41, 5.74) is 14.9. The lowest BCUT2D eigenvalue weighted by Gasteiger charge is -2.16. The third-order valence-corrected chi connectivity index (χ3v) is 2.22. The van der Waals surface area contributed by atoms with Crippen molar-refractivity contribution in [3.05, 3.63) is 45.8 Å². The molecule has 5 nitrogen and oxygen atoms in total. The van der Waals surface area contributed by atoms with Crippen molar-refractivity contribution in [1.82, 2.24) is 0 Å². The summed E-state index contributed by atoms with van der Waals surface area (Å²) in [4.78, 5) is 2.64. The smallest absolute Gasteiger partial charge is 0.107 e. The van der Waals surface area contributed by atoms with Crippen LogP contribution in [0.5, 0.6) is 0 Å². The van der Waals surface area contributed by atoms with Gasteiger partial charge in [-0.25, -0.2) is 4.39 Å². The minimum absolute atomic E-state index is 0.252. The van der Waals surface area contributed by atoms with Gasteiger partial charge in [-0.05, 0) is 16.7 Å². The van der Waals surface area contributed by atoms with Crippen molar-refractivity contribution in [2.45, 2.75) is 18.7 Å². The van der Waals surface area contributed by atoms with Gasteiger partial charge in [-0.3, -0.25) is 0 Å². The van der Waals surface area contributed by atoms with Crippen LogP contribution in [0, 0.1) is 0 Å². The van der Waals surface area contributed by atoms with Gasteiger partial charge < -0.3 is 10.8 Å². The average molecular weight is 224 g/mol. The van der Waals surface area contributed by atoms with E-state index >= 15 is 0 Å². The second-order valence-corrected chi connectivity index (χ2v) is 3.39. The Bertz CT molecular complexity index is 375. The van der Waals surface area contributed by atoms with Gasteiger partial charge >= 0.3 is 0 Å². The monoisotopic (exact) mass is 224 g/mol. The number of nitrogens with two attached hydrogens (primary N) is 1. The topological polar surface area (TPSA) is 95.0 Å². The summed E-state index contributed by atoms with van der Waals surface area (Å²) in [6.07, 6.45) is -1.02. The van der Waals surface area contributed by atoms with Crippen molar-refractivity contribution in [3.8, 4) is 0 Å². The minimum Gasteiger partial charge on any atom is -0.387 e. The van der Waals surface area contributed by atoms with E-state index in [0.717, 1.165) is 5.56 Å². The second-order valence-electron chi connectivity index (χ2n) is 3.39. The number of aliphatic hydroxyl groups excluding tert-OH is 1. The molecule has 0 saturated carbocycles. The Balaban J connectivity index is 2.74. The fourth-order valence-corrected chi connectivity index (χ4v) is 1.27. The number of nitrogens with zero attached hydrogens (tertiary/aromatic N) is 3. The number of rotatable bonds is 5. The number of hydrogen-bond donors (Lipinski definition) is 2. The van der Waals surface area contributed by atoms with Crippen LogP contribution in [0.25, 0.3) is 10.4 Å². The van der Waals surface area contributed by atoms with E-state index < -0.39 is 18.8 Å². The number of aliphatic hydroxyl groups is 1. The van der Waals surface area contributed by atoms with Gasteiger partial charge in [0.2, 0.25) is 0 Å². The van der Waals surface area contributed by atoms with Crippen LogP contribution in [-0.2, 0) is 6.54 Å². The highest BCUT2D eigenvalue weighted by Gasteiger charge is 2.16. The average Bonchev–Trinajstić information content (AvgIpc) is 2.35. The number of alkyl halides is 1. The normalized spacial score (nSPS) is 13.9. The summed E-state index contributed by atoms with van der Waals surface area (Å²) in [5, 5.41) is 13.0. The first-order chi connectivity index (χ1) is 7.69. The Kier molecular flexibility index (Phi) is 4.72. The lowest BCUT2D eigenvalue weighted by Crippen LogP contribution is -2.30. The first-order valence-electron chi connectivity index (χ1n) is 4.78. The molecule has 0 aliphatic carbocycles. The lowest BCUT2D eigenvalue weighted by atomic mass is 10.0. The van der Waals surface area contributed by atoms with E-state index in [4.69, 9.17) is 11.3 Å². The Labute approximate surface area is 92.3 Å². The predicted molar refractivity (Wildman–Crippen MR) is 58.2 cm³/mol. The third-order valence-electron chi connectivity index (χ3n) is 2.22. The van der Waals surface area contributed by atoms with Crippen molar-refractivity contribution in [1.29, 1.82) is 0 Å². The van der Waals surface area contributed by atoms with E-state index in [-0.39, 0.29) is 6.54 Å². The molecule has 0 bridgehead atoms. The highest BCUT2D eigenvalue weighted by Crippen LogP contribution is 2.17. The third kappa shape index (κ3) is 3.20. The number of azide groups is 1. The quantitative estimate of drug-likeness (QED) is 0.453. The standard InChI is InChI=1S/C10H13FN4O/c11-5-9(12)10(16)8-3-1-7(2-4-8)6-14-15-13/h1-4,9-10,16H,5-6,12H2/t9-,10-/m1/s1. The van der Waals surface area contributed by atoms with E-state index in [1.807, 2.05) is 0 Å². The molecule has 1 aromatic carbocycles. The summed E-state index contributed by atoms with van der Waals surface area (Å²) in [6.45, 7) is -0.524. The van der Waals surface area contributed by atoms with Crippen LogP contribution in [0.1, 0.15) is 17.2 Å². The molecule has 1 aromatic rings. The maximum Gasteiger partial charge on any atom is 0.107 e. The molecule has 0 aliphatic rings. The zero-order valence-corrected chi connectivity index (χ0v) is 8.62. The molecule has 0 saturated heterocycles. The van der Waals surface area contributed by atoms with Crippen LogP contribution in [-0.4, -0.2) is 17.8 Å². The van der Waals surface area contributed by atoms with Crippen LogP contribution >= 0.6 is 0 Å². The van der Waals surface area contributed by atoms with Crippen LogP contribution in [0.15, 0.2) is 29.4 Å². The first kappa shape index (κ1) is 12.4. The van der Waals surface area contributed by atoms with E-state index in [1.165, 1.54) is 0 Å². The predicted octanol–water partition coefficient (Wildman–Crippen LogP) is 1.83. The van der Waals surface area contributed by atoms with Crippen LogP contribution in [0.3, 0.4) is 0 Å². The molecule has 6 heteroatoms. The molecule has 0 fully saturated rings. The maximum absolute atomic E-state index is 12.2. The zero-order valence-electron chi connectivity index (χ0n) is 8.62. The van der Waals surface area contributed by atoms with Gasteiger partial charge in [-0.15, -0.1) is 0 Å². The van der Waals surface area contributed by atoms with Crippen LogP contribution in [0.4, 0.5) is 4.39 Å². The highest BCUT2D eigenvalue weighted by atomic mass is 19.1. The number of halogens is 1. The largest absolute Gasteiger partial charge is 0.387 e. The van der Waals surface area contributed by atoms with Crippen molar-refractivity contribution in [3.63, 3.8) is 0 Å². The molecule has 0 spiro atoms. The van der Waals surface area contributed by atoms with Gasteiger partial charge in [0.25, 0.3) is 0 Å². The van der Waals surface area contributed by atoms with Gasteiger partial charge in [0.05, 0.1) is 18.7 Å². The van der Waals surface area contributed by atoms with Crippen molar-refractivity contribution in [2.24, 2.45) is 10.8 Å². The summed E-state index contributed by atoms with van der Waals surface area (Å²) in [6, 6.07) is 5.78. The lowest BCUT2D eigenvalue weighted by molar-refractivity contribution is 0.132. The highest BCUT2D eigenvalue weighted by molar-refractivity contribution is 5.25. The number of hydrogen-bond acceptors (Lipinski definition) is 3. The van der Waals surface area contributed by atoms with E-state index in [9.17, 15) is 9.50 Å². The van der Waals surface area contributed by atoms with Crippen LogP contribution in [0.2, 0.25) is 0 Å². The fourth-order valence-electron chi connectivity index (χ4n) is 1.27. The molecular formula is C10H13FN4O. The second kappa shape index (κ2) is 6.07. The molecule has 1 rings (SSSR count). The van der Waals surface area contributed by atoms with Crippen molar-refractivity contribution < 1.29 is 9.50 Å². The Hall–Kier alpha value is -1.62. The molecule has 3 N–H and O–H groups in total. The molecule has 0 radical (unpaired) electrons. The van der Waals surface area contributed by atoms with E-state index in [2.05, 4.69) is 10.0 Å². The van der Waals surface area contributed by atoms with Gasteiger partial charge in [0.1, 0.15) is 6.67 Å².